The lowest BCUT2D eigenvalue weighted by Crippen LogP contribution is -2.41. The Morgan fingerprint density at radius 2 is 1.88 bits per heavy atom. The number of rotatable bonds is 8. The van der Waals surface area contributed by atoms with Gasteiger partial charge in [0.05, 0.1) is 35.7 Å². The van der Waals surface area contributed by atoms with Gasteiger partial charge in [0.15, 0.2) is 0 Å². The minimum absolute atomic E-state index is 0.228. The van der Waals surface area contributed by atoms with E-state index >= 15 is 0 Å². The van der Waals surface area contributed by atoms with Crippen LogP contribution in [-0.2, 0) is 21.0 Å². The van der Waals surface area contributed by atoms with Crippen molar-refractivity contribution in [3.05, 3.63) is 58.1 Å². The van der Waals surface area contributed by atoms with E-state index < -0.39 is 45.9 Å². The van der Waals surface area contributed by atoms with Crippen molar-refractivity contribution in [1.82, 2.24) is 5.32 Å². The molecule has 6 nitrogen and oxygen atoms in total. The largest absolute Gasteiger partial charge is 0.496 e. The van der Waals surface area contributed by atoms with E-state index in [9.17, 15) is 26.4 Å². The number of sulfonamides is 1. The van der Waals surface area contributed by atoms with E-state index in [2.05, 4.69) is 5.32 Å². The highest BCUT2D eigenvalue weighted by Gasteiger charge is 2.33. The normalized spacial score (nSPS) is 12.9. The topological polar surface area (TPSA) is 75.7 Å². The predicted molar refractivity (Wildman–Crippen MR) is 118 cm³/mol. The SMILES string of the molecule is CC[C@@H](NC(=O)CN(c1cc(C(F)(F)F)ccc1Cl)S(C)(=O)=O)c1ccc(OC)c(C)c1. The van der Waals surface area contributed by atoms with Crippen LogP contribution in [0.15, 0.2) is 36.4 Å². The summed E-state index contributed by atoms with van der Waals surface area (Å²) >= 11 is 5.99. The number of carbonyl (C=O) groups is 1. The Labute approximate surface area is 190 Å². The third-order valence-electron chi connectivity index (χ3n) is 4.79. The zero-order valence-corrected chi connectivity index (χ0v) is 19.5. The summed E-state index contributed by atoms with van der Waals surface area (Å²) < 4.78 is 69.8. The van der Waals surface area contributed by atoms with Gasteiger partial charge in [0.25, 0.3) is 0 Å². The number of nitrogens with one attached hydrogen (secondary N) is 1. The van der Waals surface area contributed by atoms with E-state index in [-0.39, 0.29) is 5.02 Å². The van der Waals surface area contributed by atoms with Gasteiger partial charge in [-0.1, -0.05) is 30.7 Å². The van der Waals surface area contributed by atoms with E-state index in [0.29, 0.717) is 22.5 Å². The van der Waals surface area contributed by atoms with Gasteiger partial charge in [0, 0.05) is 0 Å². The number of nitrogens with zero attached hydrogens (tertiary/aromatic N) is 1. The number of anilines is 1. The Balaban J connectivity index is 2.32. The van der Waals surface area contributed by atoms with Crippen LogP contribution in [0, 0.1) is 6.92 Å². The molecule has 0 aromatic heterocycles. The highest BCUT2D eigenvalue weighted by molar-refractivity contribution is 7.92. The third-order valence-corrected chi connectivity index (χ3v) is 6.24. The summed E-state index contributed by atoms with van der Waals surface area (Å²) in [5, 5.41) is 2.51. The van der Waals surface area contributed by atoms with E-state index in [1.165, 1.54) is 0 Å². The average Bonchev–Trinajstić information content (AvgIpc) is 2.69. The van der Waals surface area contributed by atoms with E-state index in [4.69, 9.17) is 16.3 Å². The van der Waals surface area contributed by atoms with Gasteiger partial charge in [-0.2, -0.15) is 13.2 Å². The van der Waals surface area contributed by atoms with Gasteiger partial charge in [-0.15, -0.1) is 0 Å². The van der Waals surface area contributed by atoms with Crippen LogP contribution in [0.2, 0.25) is 5.02 Å². The minimum Gasteiger partial charge on any atom is -0.496 e. The summed E-state index contributed by atoms with van der Waals surface area (Å²) in [7, 11) is -2.58. The molecule has 176 valence electrons. The predicted octanol–water partition coefficient (Wildman–Crippen LogP) is 4.71. The van der Waals surface area contributed by atoms with Crippen molar-refractivity contribution < 1.29 is 31.1 Å². The number of hydrogen-bond donors (Lipinski definition) is 1. The zero-order valence-electron chi connectivity index (χ0n) is 18.0. The smallest absolute Gasteiger partial charge is 0.416 e. The quantitative estimate of drug-likeness (QED) is 0.579. The molecule has 0 saturated carbocycles. The lowest BCUT2D eigenvalue weighted by Gasteiger charge is -2.25. The number of amides is 1. The highest BCUT2D eigenvalue weighted by atomic mass is 35.5. The Kier molecular flexibility index (Phi) is 8.06. The molecule has 1 atom stereocenters. The number of alkyl halides is 3. The second kappa shape index (κ2) is 9.99. The number of ether oxygens (including phenoxy) is 1. The van der Waals surface area contributed by atoms with Crippen LogP contribution < -0.4 is 14.4 Å². The Hall–Kier alpha value is -2.46. The average molecular weight is 493 g/mol. The van der Waals surface area contributed by atoms with Crippen LogP contribution in [0.25, 0.3) is 0 Å². The molecule has 0 saturated heterocycles. The molecule has 0 spiro atoms. The summed E-state index contributed by atoms with van der Waals surface area (Å²) in [6.07, 6.45) is -3.41. The first-order valence-corrected chi connectivity index (χ1v) is 11.8. The van der Waals surface area contributed by atoms with Crippen molar-refractivity contribution in [2.75, 3.05) is 24.2 Å². The Morgan fingerprint density at radius 1 is 1.22 bits per heavy atom. The number of aryl methyl sites for hydroxylation is 1. The maximum absolute atomic E-state index is 13.1. The summed E-state index contributed by atoms with van der Waals surface area (Å²) in [5.41, 5.74) is 0.131. The fourth-order valence-electron chi connectivity index (χ4n) is 3.17. The molecule has 2 aromatic carbocycles. The molecular formula is C21H24ClF3N2O4S. The zero-order chi connectivity index (χ0) is 24.3. The van der Waals surface area contributed by atoms with Gasteiger partial charge in [0.2, 0.25) is 15.9 Å². The van der Waals surface area contributed by atoms with E-state index in [0.717, 1.165) is 29.5 Å². The van der Waals surface area contributed by atoms with Gasteiger partial charge in [-0.05, 0) is 48.7 Å². The van der Waals surface area contributed by atoms with Crippen molar-refractivity contribution in [1.29, 1.82) is 0 Å². The van der Waals surface area contributed by atoms with Crippen molar-refractivity contribution >= 4 is 33.2 Å². The standard InChI is InChI=1S/C21H24ClF3N2O4S/c1-5-17(14-6-9-19(31-3)13(2)10-14)26-20(28)12-27(32(4,29)30)18-11-15(21(23,24)25)7-8-16(18)22/h6-11,17H,5,12H2,1-4H3,(H,26,28)/t17-/m1/s1. The molecule has 2 aromatic rings. The molecule has 0 fully saturated rings. The molecule has 0 heterocycles. The minimum atomic E-state index is -4.70. The molecule has 0 bridgehead atoms. The molecule has 32 heavy (non-hydrogen) atoms. The molecule has 1 amide bonds. The van der Waals surface area contributed by atoms with Crippen LogP contribution >= 0.6 is 11.6 Å². The lowest BCUT2D eigenvalue weighted by atomic mass is 10.0. The van der Waals surface area contributed by atoms with Crippen LogP contribution in [-0.4, -0.2) is 34.2 Å². The number of carbonyl (C=O) groups excluding carboxylic acids is 1. The van der Waals surface area contributed by atoms with Crippen LogP contribution in [0.3, 0.4) is 0 Å². The molecule has 0 aliphatic rings. The number of halogens is 4. The summed E-state index contributed by atoms with van der Waals surface area (Å²) in [6.45, 7) is 2.95. The maximum Gasteiger partial charge on any atom is 0.416 e. The third kappa shape index (κ3) is 6.29. The number of methoxy groups -OCH3 is 1. The number of hydrogen-bond acceptors (Lipinski definition) is 4. The highest BCUT2D eigenvalue weighted by Crippen LogP contribution is 2.36. The summed E-state index contributed by atoms with van der Waals surface area (Å²) in [4.78, 5) is 12.7. The van der Waals surface area contributed by atoms with Gasteiger partial charge in [-0.3, -0.25) is 9.10 Å². The van der Waals surface area contributed by atoms with Crippen molar-refractivity contribution in [2.45, 2.75) is 32.5 Å². The Bertz CT molecular complexity index is 1090. The number of benzene rings is 2. The fraction of sp³-hybridized carbons (Fsp3) is 0.381. The lowest BCUT2D eigenvalue weighted by molar-refractivity contribution is -0.137. The second-order valence-corrected chi connectivity index (χ2v) is 9.51. The molecule has 2 rings (SSSR count). The molecule has 0 unspecified atom stereocenters. The van der Waals surface area contributed by atoms with Crippen LogP contribution in [0.1, 0.15) is 36.1 Å². The van der Waals surface area contributed by atoms with Gasteiger partial charge >= 0.3 is 6.18 Å². The van der Waals surface area contributed by atoms with E-state index in [1.54, 1.807) is 19.2 Å². The monoisotopic (exact) mass is 492 g/mol. The molecule has 0 aliphatic carbocycles. The Morgan fingerprint density at radius 3 is 2.38 bits per heavy atom. The molecule has 11 heteroatoms. The molecule has 0 aliphatic heterocycles. The van der Waals surface area contributed by atoms with Crippen LogP contribution in [0.4, 0.5) is 18.9 Å². The fourth-order valence-corrected chi connectivity index (χ4v) is 4.30. The summed E-state index contributed by atoms with van der Waals surface area (Å²) in [5.74, 6) is -0.0124. The van der Waals surface area contributed by atoms with Gasteiger partial charge in [0.1, 0.15) is 12.3 Å². The first-order valence-electron chi connectivity index (χ1n) is 9.56. The van der Waals surface area contributed by atoms with E-state index in [1.807, 2.05) is 19.9 Å². The molecular weight excluding hydrogens is 469 g/mol. The second-order valence-electron chi connectivity index (χ2n) is 7.19. The molecule has 0 radical (unpaired) electrons. The van der Waals surface area contributed by atoms with Gasteiger partial charge in [-0.25, -0.2) is 8.42 Å². The first kappa shape index (κ1) is 25.8. The van der Waals surface area contributed by atoms with Crippen molar-refractivity contribution in [2.24, 2.45) is 0 Å². The van der Waals surface area contributed by atoms with Crippen molar-refractivity contribution in [3.63, 3.8) is 0 Å². The summed E-state index contributed by atoms with van der Waals surface area (Å²) in [6, 6.07) is 7.23. The first-order chi connectivity index (χ1) is 14.8. The molecule has 1 N–H and O–H groups in total. The van der Waals surface area contributed by atoms with Gasteiger partial charge < -0.3 is 10.1 Å². The van der Waals surface area contributed by atoms with Crippen molar-refractivity contribution in [3.8, 4) is 5.75 Å². The maximum atomic E-state index is 13.1. The van der Waals surface area contributed by atoms with Crippen LogP contribution in [0.5, 0.6) is 5.75 Å².